The highest BCUT2D eigenvalue weighted by Crippen LogP contribution is 2.41. The van der Waals surface area contributed by atoms with Crippen molar-refractivity contribution in [1.82, 2.24) is 4.90 Å². The summed E-state index contributed by atoms with van der Waals surface area (Å²) in [4.78, 5) is 23.0. The van der Waals surface area contributed by atoms with Gasteiger partial charge in [-0.25, -0.2) is 4.99 Å². The van der Waals surface area contributed by atoms with Crippen LogP contribution < -0.4 is 14.4 Å². The summed E-state index contributed by atoms with van der Waals surface area (Å²) in [5.41, 5.74) is 2.65. The Labute approximate surface area is 210 Å². The summed E-state index contributed by atoms with van der Waals surface area (Å²) in [6.45, 7) is 3.26. The Morgan fingerprint density at radius 2 is 1.86 bits per heavy atom. The van der Waals surface area contributed by atoms with Crippen LogP contribution in [0.1, 0.15) is 31.2 Å². The highest BCUT2D eigenvalue weighted by molar-refractivity contribution is 8.18. The summed E-state index contributed by atoms with van der Waals surface area (Å²) < 4.78 is 17.3. The Balaban J connectivity index is 1.49. The van der Waals surface area contributed by atoms with Crippen LogP contribution in [0, 0.1) is 0 Å². The van der Waals surface area contributed by atoms with Gasteiger partial charge >= 0.3 is 0 Å². The third kappa shape index (κ3) is 5.18. The number of amides is 1. The van der Waals surface area contributed by atoms with Gasteiger partial charge in [0.15, 0.2) is 5.17 Å². The van der Waals surface area contributed by atoms with E-state index < -0.39 is 0 Å². The number of carbonyl (C=O) groups excluding carboxylic acids is 1. The Morgan fingerprint density at radius 3 is 2.54 bits per heavy atom. The summed E-state index contributed by atoms with van der Waals surface area (Å²) in [5.74, 6) is 1.43. The number of ether oxygens (including phenoxy) is 3. The second kappa shape index (κ2) is 10.7. The van der Waals surface area contributed by atoms with E-state index in [9.17, 15) is 4.79 Å². The molecule has 1 atom stereocenters. The van der Waals surface area contributed by atoms with Crippen LogP contribution in [0.15, 0.2) is 52.4 Å². The van der Waals surface area contributed by atoms with E-state index in [-0.39, 0.29) is 12.0 Å². The molecule has 2 aromatic rings. The van der Waals surface area contributed by atoms with E-state index in [4.69, 9.17) is 19.2 Å². The first-order valence-electron chi connectivity index (χ1n) is 12.1. The van der Waals surface area contributed by atoms with E-state index in [2.05, 4.69) is 4.90 Å². The number of methoxy groups -OCH3 is 2. The number of benzene rings is 2. The molecule has 0 saturated carbocycles. The third-order valence-corrected chi connectivity index (χ3v) is 7.55. The summed E-state index contributed by atoms with van der Waals surface area (Å²) in [7, 11) is 3.34. The average molecular weight is 494 g/mol. The SMILES string of the molecule is COc1cc(N2CCCC2)c(OC)cc1/C=C1/SC(=Nc2ccccc2)N(CC2CCCO2)C1=O. The molecule has 7 nitrogen and oxygen atoms in total. The van der Waals surface area contributed by atoms with E-state index in [0.717, 1.165) is 55.2 Å². The van der Waals surface area contributed by atoms with E-state index in [1.54, 1.807) is 19.1 Å². The lowest BCUT2D eigenvalue weighted by atomic mass is 10.1. The number of hydrogen-bond acceptors (Lipinski definition) is 7. The molecule has 3 heterocycles. The lowest BCUT2D eigenvalue weighted by Gasteiger charge is -2.22. The van der Waals surface area contributed by atoms with Gasteiger partial charge < -0.3 is 19.1 Å². The van der Waals surface area contributed by atoms with Gasteiger partial charge in [-0.2, -0.15) is 0 Å². The van der Waals surface area contributed by atoms with Crippen LogP contribution in [0.25, 0.3) is 6.08 Å². The smallest absolute Gasteiger partial charge is 0.266 e. The minimum atomic E-state index is -0.0650. The molecule has 0 radical (unpaired) electrons. The van der Waals surface area contributed by atoms with Crippen molar-refractivity contribution in [3.63, 3.8) is 0 Å². The van der Waals surface area contributed by atoms with Gasteiger partial charge in [0.2, 0.25) is 0 Å². The second-order valence-corrected chi connectivity index (χ2v) is 9.86. The molecule has 3 saturated heterocycles. The lowest BCUT2D eigenvalue weighted by Crippen LogP contribution is -2.36. The van der Waals surface area contributed by atoms with Crippen LogP contribution in [-0.2, 0) is 9.53 Å². The molecular formula is C27H31N3O4S. The van der Waals surface area contributed by atoms with Crippen LogP contribution in [0.4, 0.5) is 11.4 Å². The quantitative estimate of drug-likeness (QED) is 0.501. The number of hydrogen-bond donors (Lipinski definition) is 0. The van der Waals surface area contributed by atoms with Gasteiger partial charge in [-0.05, 0) is 61.7 Å². The minimum Gasteiger partial charge on any atom is -0.496 e. The fourth-order valence-corrected chi connectivity index (χ4v) is 5.72. The molecule has 35 heavy (non-hydrogen) atoms. The zero-order valence-electron chi connectivity index (χ0n) is 20.2. The average Bonchev–Trinajstić information content (AvgIpc) is 3.65. The number of anilines is 1. The number of carbonyl (C=O) groups is 1. The minimum absolute atomic E-state index is 0.0363. The second-order valence-electron chi connectivity index (χ2n) is 8.85. The van der Waals surface area contributed by atoms with Gasteiger partial charge in [-0.1, -0.05) is 18.2 Å². The van der Waals surface area contributed by atoms with Crippen LogP contribution >= 0.6 is 11.8 Å². The number of amidine groups is 1. The third-order valence-electron chi connectivity index (χ3n) is 6.54. The van der Waals surface area contributed by atoms with Crippen molar-refractivity contribution in [2.24, 2.45) is 4.99 Å². The molecular weight excluding hydrogens is 462 g/mol. The number of para-hydroxylation sites is 1. The first-order valence-corrected chi connectivity index (χ1v) is 13.0. The monoisotopic (exact) mass is 493 g/mol. The van der Waals surface area contributed by atoms with Crippen LogP contribution in [0.5, 0.6) is 11.5 Å². The van der Waals surface area contributed by atoms with Crippen molar-refractivity contribution >= 4 is 40.3 Å². The molecule has 3 aliphatic rings. The molecule has 3 aliphatic heterocycles. The maximum atomic E-state index is 13.5. The molecule has 0 bridgehead atoms. The number of aliphatic imine (C=N–C) groups is 1. The zero-order valence-corrected chi connectivity index (χ0v) is 21.1. The van der Waals surface area contributed by atoms with Gasteiger partial charge in [0, 0.05) is 31.3 Å². The standard InChI is InChI=1S/C27H31N3O4S/c1-32-23-17-22(29-12-6-7-13-29)24(33-2)15-19(23)16-25-26(31)30(18-21-11-8-14-34-21)27(35-25)28-20-9-4-3-5-10-20/h3-5,9-10,15-17,21H,6-8,11-14,18H2,1-2H3/b25-16+,28-27?. The van der Waals surface area contributed by atoms with E-state index in [1.165, 1.54) is 24.6 Å². The van der Waals surface area contributed by atoms with Crippen molar-refractivity contribution < 1.29 is 19.0 Å². The van der Waals surface area contributed by atoms with Gasteiger partial charge in [0.1, 0.15) is 11.5 Å². The molecule has 3 fully saturated rings. The summed E-state index contributed by atoms with van der Waals surface area (Å²) >= 11 is 1.39. The van der Waals surface area contributed by atoms with Crippen molar-refractivity contribution in [3.8, 4) is 11.5 Å². The van der Waals surface area contributed by atoms with Gasteiger partial charge in [-0.3, -0.25) is 9.69 Å². The number of rotatable bonds is 7. The predicted octanol–water partition coefficient (Wildman–Crippen LogP) is 5.09. The number of nitrogens with zero attached hydrogens (tertiary/aromatic N) is 3. The molecule has 0 aromatic heterocycles. The lowest BCUT2D eigenvalue weighted by molar-refractivity contribution is -0.123. The van der Waals surface area contributed by atoms with Gasteiger partial charge in [0.05, 0.1) is 43.1 Å². The molecule has 184 valence electrons. The first-order chi connectivity index (χ1) is 17.2. The zero-order chi connectivity index (χ0) is 24.2. The van der Waals surface area contributed by atoms with Crippen molar-refractivity contribution in [2.45, 2.75) is 31.8 Å². The highest BCUT2D eigenvalue weighted by Gasteiger charge is 2.36. The largest absolute Gasteiger partial charge is 0.496 e. The molecule has 1 unspecified atom stereocenters. The molecule has 2 aromatic carbocycles. The molecule has 0 spiro atoms. The summed E-state index contributed by atoms with van der Waals surface area (Å²) in [6, 6.07) is 13.7. The van der Waals surface area contributed by atoms with Crippen molar-refractivity contribution in [2.75, 3.05) is 45.4 Å². The van der Waals surface area contributed by atoms with E-state index in [1.807, 2.05) is 48.5 Å². The Kier molecular flexibility index (Phi) is 7.29. The van der Waals surface area contributed by atoms with Gasteiger partial charge in [0.25, 0.3) is 5.91 Å². The van der Waals surface area contributed by atoms with Crippen LogP contribution in [0.3, 0.4) is 0 Å². The predicted molar refractivity (Wildman–Crippen MR) is 141 cm³/mol. The fraction of sp³-hybridized carbons (Fsp3) is 0.407. The highest BCUT2D eigenvalue weighted by atomic mass is 32.2. The fourth-order valence-electron chi connectivity index (χ4n) is 4.72. The van der Waals surface area contributed by atoms with Gasteiger partial charge in [-0.15, -0.1) is 0 Å². The van der Waals surface area contributed by atoms with Crippen molar-refractivity contribution in [1.29, 1.82) is 0 Å². The summed E-state index contributed by atoms with van der Waals surface area (Å²) in [6.07, 6.45) is 6.24. The topological polar surface area (TPSA) is 63.6 Å². The maximum absolute atomic E-state index is 13.5. The molecule has 1 amide bonds. The van der Waals surface area contributed by atoms with E-state index >= 15 is 0 Å². The van der Waals surface area contributed by atoms with E-state index in [0.29, 0.717) is 22.4 Å². The van der Waals surface area contributed by atoms with Crippen LogP contribution in [0.2, 0.25) is 0 Å². The Morgan fingerprint density at radius 1 is 1.09 bits per heavy atom. The molecule has 5 rings (SSSR count). The molecule has 0 N–H and O–H groups in total. The van der Waals surface area contributed by atoms with Crippen molar-refractivity contribution in [3.05, 3.63) is 52.9 Å². The molecule has 8 heteroatoms. The Bertz CT molecular complexity index is 1120. The molecule has 0 aliphatic carbocycles. The number of thioether (sulfide) groups is 1. The Hall–Kier alpha value is -2.97. The maximum Gasteiger partial charge on any atom is 0.266 e. The van der Waals surface area contributed by atoms with Crippen LogP contribution in [-0.4, -0.2) is 62.5 Å². The summed E-state index contributed by atoms with van der Waals surface area (Å²) in [5, 5.41) is 0.669. The normalized spacial score (nSPS) is 22.6. The first kappa shape index (κ1) is 23.8.